The third kappa shape index (κ3) is 3.74. The van der Waals surface area contributed by atoms with E-state index in [0.29, 0.717) is 17.0 Å². The van der Waals surface area contributed by atoms with E-state index in [1.165, 1.54) is 6.07 Å². The number of carbonyl (C=O) groups excluding carboxylic acids is 1. The fourth-order valence-electron chi connectivity index (χ4n) is 3.26. The summed E-state index contributed by atoms with van der Waals surface area (Å²) >= 11 is 0. The first kappa shape index (κ1) is 17.5. The summed E-state index contributed by atoms with van der Waals surface area (Å²) in [6, 6.07) is 8.88. The van der Waals surface area contributed by atoms with Crippen LogP contribution in [0.3, 0.4) is 0 Å². The van der Waals surface area contributed by atoms with Crippen molar-refractivity contribution in [3.05, 3.63) is 46.2 Å². The second-order valence-corrected chi connectivity index (χ2v) is 5.91. The molecule has 3 rings (SSSR count). The maximum atomic E-state index is 12.9. The summed E-state index contributed by atoms with van der Waals surface area (Å²) in [5.41, 5.74) is 0.984. The molecule has 2 N–H and O–H groups in total. The van der Waals surface area contributed by atoms with E-state index in [0.717, 1.165) is 37.9 Å². The van der Waals surface area contributed by atoms with E-state index in [4.69, 9.17) is 0 Å². The molecule has 1 atom stereocenters. The maximum Gasteiger partial charge on any atom is 0.254 e. The second kappa shape index (κ2) is 7.62. The summed E-state index contributed by atoms with van der Waals surface area (Å²) in [6.45, 7) is 2.43. The Morgan fingerprint density at radius 2 is 2.17 bits per heavy atom. The second-order valence-electron chi connectivity index (χ2n) is 5.91. The first-order valence-electron chi connectivity index (χ1n) is 7.75. The van der Waals surface area contributed by atoms with Crippen LogP contribution in [0.2, 0.25) is 0 Å². The van der Waals surface area contributed by atoms with Crippen LogP contribution in [0.5, 0.6) is 0 Å². The number of H-pyrrole nitrogens is 1. The van der Waals surface area contributed by atoms with Gasteiger partial charge >= 0.3 is 0 Å². The van der Waals surface area contributed by atoms with Gasteiger partial charge in [-0.05, 0) is 38.4 Å². The Labute approximate surface area is 141 Å². The van der Waals surface area contributed by atoms with Crippen molar-refractivity contribution in [2.24, 2.45) is 5.92 Å². The van der Waals surface area contributed by atoms with Gasteiger partial charge in [-0.2, -0.15) is 0 Å². The van der Waals surface area contributed by atoms with E-state index >= 15 is 0 Å². The molecular weight excluding hydrogens is 314 g/mol. The summed E-state index contributed by atoms with van der Waals surface area (Å²) in [4.78, 5) is 29.4. The van der Waals surface area contributed by atoms with Crippen molar-refractivity contribution < 1.29 is 4.79 Å². The Kier molecular flexibility index (Phi) is 5.80. The third-order valence-electron chi connectivity index (χ3n) is 4.28. The lowest BCUT2D eigenvalue weighted by Gasteiger charge is -2.33. The van der Waals surface area contributed by atoms with Crippen LogP contribution in [-0.2, 0) is 0 Å². The van der Waals surface area contributed by atoms with Gasteiger partial charge in [0.1, 0.15) is 0 Å². The van der Waals surface area contributed by atoms with Crippen LogP contribution in [0, 0.1) is 5.92 Å². The van der Waals surface area contributed by atoms with Crippen molar-refractivity contribution >= 4 is 29.2 Å². The predicted molar refractivity (Wildman–Crippen MR) is 94.4 cm³/mol. The lowest BCUT2D eigenvalue weighted by Crippen LogP contribution is -2.42. The Morgan fingerprint density at radius 3 is 2.96 bits per heavy atom. The van der Waals surface area contributed by atoms with E-state index in [9.17, 15) is 9.59 Å². The molecule has 1 aliphatic rings. The standard InChI is InChI=1S/C17H21N3O2.ClH/c1-18-10-12-5-4-8-20(11-12)17(22)14-9-16(21)19-15-7-3-2-6-13(14)15;/h2-3,6-7,9,12,18H,4-5,8,10-11H2,1H3,(H,19,21);1H. The molecule has 0 radical (unpaired) electrons. The van der Waals surface area contributed by atoms with Gasteiger partial charge < -0.3 is 15.2 Å². The van der Waals surface area contributed by atoms with E-state index in [-0.39, 0.29) is 23.9 Å². The number of hydrogen-bond acceptors (Lipinski definition) is 3. The SMILES string of the molecule is CNCC1CCCN(C(=O)c2cc(=O)[nH]c3ccccc23)C1.Cl. The highest BCUT2D eigenvalue weighted by atomic mass is 35.5. The van der Waals surface area contributed by atoms with Gasteiger partial charge in [0, 0.05) is 30.1 Å². The highest BCUT2D eigenvalue weighted by Gasteiger charge is 2.25. The molecule has 2 aromatic rings. The van der Waals surface area contributed by atoms with E-state index in [1.807, 2.05) is 36.2 Å². The first-order chi connectivity index (χ1) is 10.7. The van der Waals surface area contributed by atoms with E-state index in [1.54, 1.807) is 0 Å². The zero-order valence-corrected chi connectivity index (χ0v) is 14.0. The molecule has 1 amide bonds. The minimum Gasteiger partial charge on any atom is -0.338 e. The quantitative estimate of drug-likeness (QED) is 0.902. The lowest BCUT2D eigenvalue weighted by atomic mass is 9.97. The van der Waals surface area contributed by atoms with Crippen molar-refractivity contribution in [1.29, 1.82) is 0 Å². The number of aromatic amines is 1. The number of pyridine rings is 1. The molecule has 1 saturated heterocycles. The molecule has 6 heteroatoms. The Balaban J connectivity index is 0.00000192. The molecule has 0 saturated carbocycles. The number of aromatic nitrogens is 1. The Morgan fingerprint density at radius 1 is 1.39 bits per heavy atom. The van der Waals surface area contributed by atoms with Gasteiger partial charge in [-0.25, -0.2) is 0 Å². The number of hydrogen-bond donors (Lipinski definition) is 2. The fourth-order valence-corrected chi connectivity index (χ4v) is 3.26. The molecule has 0 aliphatic carbocycles. The number of carbonyl (C=O) groups is 1. The van der Waals surface area contributed by atoms with Crippen molar-refractivity contribution in [2.75, 3.05) is 26.7 Å². The number of nitrogens with one attached hydrogen (secondary N) is 2. The van der Waals surface area contributed by atoms with Crippen LogP contribution in [0.4, 0.5) is 0 Å². The maximum absolute atomic E-state index is 12.9. The smallest absolute Gasteiger partial charge is 0.254 e. The number of nitrogens with zero attached hydrogens (tertiary/aromatic N) is 1. The number of para-hydroxylation sites is 1. The van der Waals surface area contributed by atoms with E-state index < -0.39 is 0 Å². The monoisotopic (exact) mass is 335 g/mol. The number of halogens is 1. The number of likely N-dealkylation sites (tertiary alicyclic amines) is 1. The molecule has 124 valence electrons. The lowest BCUT2D eigenvalue weighted by molar-refractivity contribution is 0.0676. The topological polar surface area (TPSA) is 65.2 Å². The van der Waals surface area contributed by atoms with Gasteiger partial charge in [-0.1, -0.05) is 18.2 Å². The van der Waals surface area contributed by atoms with Crippen molar-refractivity contribution in [3.8, 4) is 0 Å². The molecule has 1 aromatic carbocycles. The minimum atomic E-state index is -0.231. The number of amides is 1. The highest BCUT2D eigenvalue weighted by Crippen LogP contribution is 2.21. The third-order valence-corrected chi connectivity index (χ3v) is 4.28. The average Bonchev–Trinajstić information content (AvgIpc) is 2.54. The molecule has 1 aliphatic heterocycles. The molecule has 0 spiro atoms. The van der Waals surface area contributed by atoms with Crippen molar-refractivity contribution in [2.45, 2.75) is 12.8 Å². The van der Waals surface area contributed by atoms with Crippen LogP contribution in [-0.4, -0.2) is 42.5 Å². The average molecular weight is 336 g/mol. The van der Waals surface area contributed by atoms with Crippen molar-refractivity contribution in [1.82, 2.24) is 15.2 Å². The molecule has 1 fully saturated rings. The minimum absolute atomic E-state index is 0. The summed E-state index contributed by atoms with van der Waals surface area (Å²) in [7, 11) is 1.94. The molecule has 5 nitrogen and oxygen atoms in total. The zero-order chi connectivity index (χ0) is 15.5. The Hall–Kier alpha value is -1.85. The molecule has 0 bridgehead atoms. The summed E-state index contributed by atoms with van der Waals surface area (Å²) in [5, 5.41) is 3.99. The van der Waals surface area contributed by atoms with Crippen molar-refractivity contribution in [3.63, 3.8) is 0 Å². The molecule has 1 unspecified atom stereocenters. The van der Waals surface area contributed by atoms with E-state index in [2.05, 4.69) is 10.3 Å². The molecule has 2 heterocycles. The van der Waals surface area contributed by atoms with Crippen LogP contribution in [0.25, 0.3) is 10.9 Å². The molecule has 1 aromatic heterocycles. The summed E-state index contributed by atoms with van der Waals surface area (Å²) in [6.07, 6.45) is 2.15. The number of rotatable bonds is 3. The Bertz CT molecular complexity index is 742. The van der Waals surface area contributed by atoms with Gasteiger partial charge in [-0.15, -0.1) is 12.4 Å². The number of piperidine rings is 1. The van der Waals surface area contributed by atoms with Gasteiger partial charge in [-0.3, -0.25) is 9.59 Å². The van der Waals surface area contributed by atoms with Crippen LogP contribution >= 0.6 is 12.4 Å². The summed E-state index contributed by atoms with van der Waals surface area (Å²) in [5.74, 6) is 0.444. The molecule has 23 heavy (non-hydrogen) atoms. The normalized spacial score (nSPS) is 17.8. The molecular formula is C17H22ClN3O2. The number of fused-ring (bicyclic) bond motifs is 1. The van der Waals surface area contributed by atoms with Gasteiger partial charge in [0.25, 0.3) is 5.91 Å². The van der Waals surface area contributed by atoms with Gasteiger partial charge in [0.2, 0.25) is 5.56 Å². The predicted octanol–water partition coefficient (Wildman–Crippen LogP) is 2.02. The fraction of sp³-hybridized carbons (Fsp3) is 0.412. The largest absolute Gasteiger partial charge is 0.338 e. The zero-order valence-electron chi connectivity index (χ0n) is 13.2. The number of benzene rings is 1. The summed E-state index contributed by atoms with van der Waals surface area (Å²) < 4.78 is 0. The first-order valence-corrected chi connectivity index (χ1v) is 7.75. The van der Waals surface area contributed by atoms with Crippen LogP contribution < -0.4 is 10.9 Å². The highest BCUT2D eigenvalue weighted by molar-refractivity contribution is 6.05. The van der Waals surface area contributed by atoms with Crippen LogP contribution in [0.1, 0.15) is 23.2 Å². The van der Waals surface area contributed by atoms with Gasteiger partial charge in [0.05, 0.1) is 5.56 Å². The van der Waals surface area contributed by atoms with Crippen LogP contribution in [0.15, 0.2) is 35.1 Å². The van der Waals surface area contributed by atoms with Gasteiger partial charge in [0.15, 0.2) is 0 Å².